The van der Waals surface area contributed by atoms with Gasteiger partial charge in [-0.25, -0.2) is 4.79 Å². The molecule has 2 rings (SSSR count). The van der Waals surface area contributed by atoms with E-state index in [2.05, 4.69) is 19.9 Å². The molecule has 2 heteroatoms. The number of cyclic esters (lactones) is 1. The van der Waals surface area contributed by atoms with Crippen LogP contribution < -0.4 is 0 Å². The average molecular weight is 194 g/mol. The van der Waals surface area contributed by atoms with Gasteiger partial charge in [0.25, 0.3) is 0 Å². The van der Waals surface area contributed by atoms with Gasteiger partial charge < -0.3 is 4.74 Å². The van der Waals surface area contributed by atoms with Crippen LogP contribution in [0.15, 0.2) is 11.6 Å². The molecule has 0 bridgehead atoms. The monoisotopic (exact) mass is 194 g/mol. The van der Waals surface area contributed by atoms with Crippen molar-refractivity contribution < 1.29 is 9.53 Å². The Kier molecular flexibility index (Phi) is 2.62. The summed E-state index contributed by atoms with van der Waals surface area (Å²) < 4.78 is 5.41. The third-order valence-electron chi connectivity index (χ3n) is 3.13. The van der Waals surface area contributed by atoms with Crippen molar-refractivity contribution in [2.24, 2.45) is 11.8 Å². The number of fused-ring (bicyclic) bond motifs is 1. The zero-order valence-electron chi connectivity index (χ0n) is 8.95. The van der Waals surface area contributed by atoms with Gasteiger partial charge in [-0.05, 0) is 31.6 Å². The van der Waals surface area contributed by atoms with Crippen molar-refractivity contribution >= 4 is 5.97 Å². The third kappa shape index (κ3) is 1.70. The predicted molar refractivity (Wildman–Crippen MR) is 54.8 cm³/mol. The molecule has 0 N–H and O–H groups in total. The highest BCUT2D eigenvalue weighted by Gasteiger charge is 2.40. The summed E-state index contributed by atoms with van der Waals surface area (Å²) in [6, 6.07) is 0. The number of esters is 1. The lowest BCUT2D eigenvalue weighted by Gasteiger charge is -2.21. The Balaban J connectivity index is 2.11. The minimum Gasteiger partial charge on any atom is -0.458 e. The first-order valence-corrected chi connectivity index (χ1v) is 5.59. The fourth-order valence-corrected chi connectivity index (χ4v) is 2.49. The molecule has 0 aromatic carbocycles. The Hall–Kier alpha value is -0.790. The minimum atomic E-state index is -0.0552. The van der Waals surface area contributed by atoms with Crippen LogP contribution in [0.25, 0.3) is 0 Å². The second-order valence-corrected chi connectivity index (χ2v) is 4.77. The quantitative estimate of drug-likeness (QED) is 0.632. The van der Waals surface area contributed by atoms with Gasteiger partial charge in [-0.1, -0.05) is 19.9 Å². The molecule has 78 valence electrons. The molecule has 0 aromatic rings. The lowest BCUT2D eigenvalue weighted by Crippen LogP contribution is -2.20. The number of carbonyl (C=O) groups is 1. The van der Waals surface area contributed by atoms with E-state index in [0.717, 1.165) is 24.8 Å². The van der Waals surface area contributed by atoms with Crippen molar-refractivity contribution in [1.29, 1.82) is 0 Å². The molecule has 1 heterocycles. The van der Waals surface area contributed by atoms with Gasteiger partial charge in [0.15, 0.2) is 0 Å². The van der Waals surface area contributed by atoms with Gasteiger partial charge in [0, 0.05) is 11.5 Å². The van der Waals surface area contributed by atoms with Crippen LogP contribution in [0.4, 0.5) is 0 Å². The molecule has 2 atom stereocenters. The van der Waals surface area contributed by atoms with Gasteiger partial charge >= 0.3 is 5.97 Å². The summed E-state index contributed by atoms with van der Waals surface area (Å²) in [4.78, 5) is 11.5. The molecule has 1 aliphatic carbocycles. The van der Waals surface area contributed by atoms with Crippen LogP contribution in [-0.2, 0) is 9.53 Å². The topological polar surface area (TPSA) is 26.3 Å². The molecule has 0 spiro atoms. The van der Waals surface area contributed by atoms with Crippen LogP contribution in [0.1, 0.15) is 39.5 Å². The van der Waals surface area contributed by atoms with Crippen molar-refractivity contribution in [2.45, 2.75) is 45.6 Å². The number of carbonyl (C=O) groups excluding carboxylic acids is 1. The summed E-state index contributed by atoms with van der Waals surface area (Å²) in [6.07, 6.45) is 6.64. The van der Waals surface area contributed by atoms with Gasteiger partial charge in [0.1, 0.15) is 6.10 Å². The highest BCUT2D eigenvalue weighted by Crippen LogP contribution is 2.38. The number of ether oxygens (including phenoxy) is 1. The molecule has 2 unspecified atom stereocenters. The molecule has 0 amide bonds. The standard InChI is InChI=1S/C12H18O2/c1-8(2)7-11-9-5-3-4-6-10(9)12(13)14-11/h6,8-9,11H,3-5,7H2,1-2H3. The number of hydrogen-bond acceptors (Lipinski definition) is 2. The molecule has 1 saturated heterocycles. The second kappa shape index (κ2) is 3.76. The Labute approximate surface area is 85.3 Å². The van der Waals surface area contributed by atoms with Crippen LogP contribution in [0, 0.1) is 11.8 Å². The predicted octanol–water partition coefficient (Wildman–Crippen LogP) is 2.68. The molecule has 14 heavy (non-hydrogen) atoms. The molecule has 1 fully saturated rings. The lowest BCUT2D eigenvalue weighted by atomic mass is 9.83. The average Bonchev–Trinajstić information content (AvgIpc) is 2.44. The van der Waals surface area contributed by atoms with E-state index in [9.17, 15) is 4.79 Å². The number of hydrogen-bond donors (Lipinski definition) is 0. The smallest absolute Gasteiger partial charge is 0.334 e. The fraction of sp³-hybridized carbons (Fsp3) is 0.750. The first-order chi connectivity index (χ1) is 6.68. The molecule has 0 aromatic heterocycles. The lowest BCUT2D eigenvalue weighted by molar-refractivity contribution is -0.139. The summed E-state index contributed by atoms with van der Waals surface area (Å²) in [5, 5.41) is 0. The molecule has 1 aliphatic heterocycles. The zero-order valence-corrected chi connectivity index (χ0v) is 8.95. The van der Waals surface area contributed by atoms with Crippen molar-refractivity contribution in [3.8, 4) is 0 Å². The van der Waals surface area contributed by atoms with Crippen LogP contribution >= 0.6 is 0 Å². The Bertz CT molecular complexity index is 265. The van der Waals surface area contributed by atoms with Crippen LogP contribution in [0.3, 0.4) is 0 Å². The molecule has 2 nitrogen and oxygen atoms in total. The Morgan fingerprint density at radius 3 is 3.07 bits per heavy atom. The highest BCUT2D eigenvalue weighted by atomic mass is 16.6. The van der Waals surface area contributed by atoms with Gasteiger partial charge in [0.2, 0.25) is 0 Å². The fourth-order valence-electron chi connectivity index (χ4n) is 2.49. The Morgan fingerprint density at radius 1 is 1.57 bits per heavy atom. The maximum Gasteiger partial charge on any atom is 0.334 e. The number of rotatable bonds is 2. The molecular formula is C12H18O2. The van der Waals surface area contributed by atoms with E-state index in [-0.39, 0.29) is 12.1 Å². The second-order valence-electron chi connectivity index (χ2n) is 4.77. The SMILES string of the molecule is CC(C)CC1OC(=O)C2=CCCCC21. The van der Waals surface area contributed by atoms with Gasteiger partial charge in [-0.15, -0.1) is 0 Å². The van der Waals surface area contributed by atoms with Gasteiger partial charge in [-0.2, -0.15) is 0 Å². The van der Waals surface area contributed by atoms with Crippen LogP contribution in [0.5, 0.6) is 0 Å². The normalized spacial score (nSPS) is 31.4. The molecular weight excluding hydrogens is 176 g/mol. The van der Waals surface area contributed by atoms with E-state index in [1.807, 2.05) is 0 Å². The molecule has 2 aliphatic rings. The van der Waals surface area contributed by atoms with Crippen molar-refractivity contribution in [2.75, 3.05) is 0 Å². The molecule has 0 radical (unpaired) electrons. The highest BCUT2D eigenvalue weighted by molar-refractivity contribution is 5.91. The van der Waals surface area contributed by atoms with E-state index < -0.39 is 0 Å². The van der Waals surface area contributed by atoms with E-state index in [1.54, 1.807) is 0 Å². The van der Waals surface area contributed by atoms with Crippen molar-refractivity contribution in [3.05, 3.63) is 11.6 Å². The first-order valence-electron chi connectivity index (χ1n) is 5.59. The maximum absolute atomic E-state index is 11.5. The Morgan fingerprint density at radius 2 is 2.36 bits per heavy atom. The summed E-state index contributed by atoms with van der Waals surface area (Å²) in [5.74, 6) is 0.952. The molecule has 0 saturated carbocycles. The van der Waals surface area contributed by atoms with E-state index >= 15 is 0 Å². The van der Waals surface area contributed by atoms with E-state index in [0.29, 0.717) is 11.8 Å². The summed E-state index contributed by atoms with van der Waals surface area (Å²) >= 11 is 0. The largest absolute Gasteiger partial charge is 0.458 e. The van der Waals surface area contributed by atoms with Crippen molar-refractivity contribution in [3.63, 3.8) is 0 Å². The minimum absolute atomic E-state index is 0.0552. The summed E-state index contributed by atoms with van der Waals surface area (Å²) in [7, 11) is 0. The zero-order chi connectivity index (χ0) is 10.1. The van der Waals surface area contributed by atoms with E-state index in [4.69, 9.17) is 4.74 Å². The van der Waals surface area contributed by atoms with Crippen LogP contribution in [0.2, 0.25) is 0 Å². The third-order valence-corrected chi connectivity index (χ3v) is 3.13. The van der Waals surface area contributed by atoms with Gasteiger partial charge in [-0.3, -0.25) is 0 Å². The van der Waals surface area contributed by atoms with E-state index in [1.165, 1.54) is 6.42 Å². The van der Waals surface area contributed by atoms with Crippen molar-refractivity contribution in [1.82, 2.24) is 0 Å². The van der Waals surface area contributed by atoms with Gasteiger partial charge in [0.05, 0.1) is 0 Å². The first kappa shape index (κ1) is 9.75. The number of allylic oxidation sites excluding steroid dienone is 1. The summed E-state index contributed by atoms with van der Waals surface area (Å²) in [6.45, 7) is 4.36. The summed E-state index contributed by atoms with van der Waals surface area (Å²) in [5.41, 5.74) is 0.960. The maximum atomic E-state index is 11.5. The van der Waals surface area contributed by atoms with Crippen LogP contribution in [-0.4, -0.2) is 12.1 Å².